The standard InChI is InChI=1S/C29H45B2NO7S/c1-24-14-16-25(17-15-24)40(33,34)32(21-12-18-30-36-26(2,3)27(4,5)37-30)20-10-11-22-35-23-13-19-31-38-28(6,7)29(8,9)39-31/h10-19H,20-23H2,1-9H3/b11-10-,18-12+,19-13+. The van der Waals surface area contributed by atoms with E-state index < -0.39 is 35.5 Å². The lowest BCUT2D eigenvalue weighted by Crippen LogP contribution is -2.41. The lowest BCUT2D eigenvalue weighted by molar-refractivity contribution is 0.00578. The van der Waals surface area contributed by atoms with Crippen molar-refractivity contribution in [2.24, 2.45) is 0 Å². The van der Waals surface area contributed by atoms with E-state index in [1.165, 1.54) is 4.31 Å². The predicted molar refractivity (Wildman–Crippen MR) is 160 cm³/mol. The molecule has 0 aliphatic carbocycles. The van der Waals surface area contributed by atoms with Gasteiger partial charge in [0.15, 0.2) is 0 Å². The van der Waals surface area contributed by atoms with Crippen LogP contribution in [0.5, 0.6) is 0 Å². The van der Waals surface area contributed by atoms with Gasteiger partial charge in [-0.1, -0.05) is 54.0 Å². The van der Waals surface area contributed by atoms with E-state index in [-0.39, 0.29) is 29.2 Å². The van der Waals surface area contributed by atoms with E-state index in [0.29, 0.717) is 13.2 Å². The third-order valence-corrected chi connectivity index (χ3v) is 9.85. The molecular formula is C29H45B2NO7S. The fraction of sp³-hybridized carbons (Fsp3) is 0.586. The second-order valence-electron chi connectivity index (χ2n) is 12.2. The van der Waals surface area contributed by atoms with Crippen LogP contribution in [0.2, 0.25) is 0 Å². The van der Waals surface area contributed by atoms with Crippen molar-refractivity contribution in [1.29, 1.82) is 0 Å². The van der Waals surface area contributed by atoms with Gasteiger partial charge in [0.25, 0.3) is 0 Å². The van der Waals surface area contributed by atoms with Crippen LogP contribution < -0.4 is 0 Å². The highest BCUT2D eigenvalue weighted by atomic mass is 32.2. The fourth-order valence-corrected chi connectivity index (χ4v) is 5.33. The monoisotopic (exact) mass is 573 g/mol. The van der Waals surface area contributed by atoms with Gasteiger partial charge in [-0.15, -0.1) is 0 Å². The van der Waals surface area contributed by atoms with Crippen LogP contribution >= 0.6 is 0 Å². The summed E-state index contributed by atoms with van der Waals surface area (Å²) in [5.74, 6) is 3.62. The molecule has 2 aliphatic rings. The zero-order valence-corrected chi connectivity index (χ0v) is 26.3. The van der Waals surface area contributed by atoms with Gasteiger partial charge in [0.1, 0.15) is 0 Å². The molecule has 8 nitrogen and oxygen atoms in total. The Bertz CT molecular complexity index is 1160. The molecule has 11 heteroatoms. The summed E-state index contributed by atoms with van der Waals surface area (Å²) in [6, 6.07) is 6.86. The van der Waals surface area contributed by atoms with Crippen molar-refractivity contribution in [2.45, 2.75) is 89.6 Å². The summed E-state index contributed by atoms with van der Waals surface area (Å²) in [6.45, 7) is 19.0. The molecule has 0 unspecified atom stereocenters. The first-order valence-corrected chi connectivity index (χ1v) is 15.3. The molecule has 2 aliphatic heterocycles. The molecule has 0 aromatic heterocycles. The van der Waals surface area contributed by atoms with Crippen LogP contribution in [0.3, 0.4) is 0 Å². The Kier molecular flexibility index (Phi) is 10.4. The quantitative estimate of drug-likeness (QED) is 0.199. The van der Waals surface area contributed by atoms with Crippen LogP contribution in [0.4, 0.5) is 0 Å². The first-order valence-electron chi connectivity index (χ1n) is 13.8. The molecule has 3 rings (SSSR count). The molecule has 2 saturated heterocycles. The predicted octanol–water partition coefficient (Wildman–Crippen LogP) is 4.93. The second kappa shape index (κ2) is 12.7. The molecule has 220 valence electrons. The maximum Gasteiger partial charge on any atom is 0.486 e. The third kappa shape index (κ3) is 7.97. The van der Waals surface area contributed by atoms with Crippen molar-refractivity contribution in [3.63, 3.8) is 0 Å². The van der Waals surface area contributed by atoms with Crippen molar-refractivity contribution in [1.82, 2.24) is 4.31 Å². The Morgan fingerprint density at radius 2 is 1.12 bits per heavy atom. The number of aryl methyl sites for hydroxylation is 1. The summed E-state index contributed by atoms with van der Waals surface area (Å²) in [6.07, 6.45) is 7.26. The molecule has 0 saturated carbocycles. The summed E-state index contributed by atoms with van der Waals surface area (Å²) in [5, 5.41) is 0. The summed E-state index contributed by atoms with van der Waals surface area (Å²) >= 11 is 0. The van der Waals surface area contributed by atoms with Gasteiger partial charge in [0.2, 0.25) is 10.0 Å². The van der Waals surface area contributed by atoms with E-state index >= 15 is 0 Å². The van der Waals surface area contributed by atoms with Gasteiger partial charge in [0, 0.05) is 13.1 Å². The van der Waals surface area contributed by atoms with Crippen LogP contribution in [0.15, 0.2) is 65.4 Å². The smallest absolute Gasteiger partial charge is 0.400 e. The van der Waals surface area contributed by atoms with Crippen molar-refractivity contribution < 1.29 is 31.8 Å². The van der Waals surface area contributed by atoms with Crippen molar-refractivity contribution in [2.75, 3.05) is 26.3 Å². The Morgan fingerprint density at radius 1 is 0.700 bits per heavy atom. The minimum Gasteiger partial charge on any atom is -0.400 e. The summed E-state index contributed by atoms with van der Waals surface area (Å²) in [4.78, 5) is 0.250. The highest BCUT2D eigenvalue weighted by molar-refractivity contribution is 7.89. The van der Waals surface area contributed by atoms with Crippen LogP contribution in [0.25, 0.3) is 0 Å². The van der Waals surface area contributed by atoms with E-state index in [1.807, 2.05) is 80.4 Å². The molecule has 1 aromatic rings. The lowest BCUT2D eigenvalue weighted by Gasteiger charge is -2.32. The second-order valence-corrected chi connectivity index (χ2v) is 14.2. The maximum atomic E-state index is 13.4. The average molecular weight is 573 g/mol. The van der Waals surface area contributed by atoms with Gasteiger partial charge in [-0.25, -0.2) is 8.42 Å². The molecule has 1 aromatic carbocycles. The molecule has 40 heavy (non-hydrogen) atoms. The molecule has 0 amide bonds. The molecule has 2 fully saturated rings. The SMILES string of the molecule is Cc1ccc(S(=O)(=O)N(C/C=C\COC/C=C/B2OC(C)(C)C(C)(C)O2)C/C=C/B2OC(C)(C)C(C)(C)O2)cc1. The van der Waals surface area contributed by atoms with Gasteiger partial charge in [-0.2, -0.15) is 4.31 Å². The highest BCUT2D eigenvalue weighted by Gasteiger charge is 2.50. The number of hydrogen-bond acceptors (Lipinski definition) is 7. The fourth-order valence-electron chi connectivity index (χ4n) is 3.98. The summed E-state index contributed by atoms with van der Waals surface area (Å²) in [5.41, 5.74) is -0.683. The molecule has 0 radical (unpaired) electrons. The zero-order chi connectivity index (χ0) is 29.8. The summed E-state index contributed by atoms with van der Waals surface area (Å²) in [7, 11) is -4.67. The molecule has 0 spiro atoms. The molecular weight excluding hydrogens is 528 g/mol. The zero-order valence-electron chi connectivity index (χ0n) is 25.5. The van der Waals surface area contributed by atoms with Gasteiger partial charge in [-0.3, -0.25) is 0 Å². The normalized spacial score (nSPS) is 22.1. The Morgan fingerprint density at radius 3 is 1.62 bits per heavy atom. The van der Waals surface area contributed by atoms with Crippen LogP contribution in [-0.2, 0) is 33.4 Å². The first-order chi connectivity index (χ1) is 18.5. The minimum atomic E-state index is -3.72. The van der Waals surface area contributed by atoms with Gasteiger partial charge < -0.3 is 23.4 Å². The van der Waals surface area contributed by atoms with E-state index in [0.717, 1.165) is 5.56 Å². The largest absolute Gasteiger partial charge is 0.486 e. The number of nitrogens with zero attached hydrogens (tertiary/aromatic N) is 1. The van der Waals surface area contributed by atoms with Crippen LogP contribution in [0.1, 0.15) is 61.0 Å². The third-order valence-electron chi connectivity index (χ3n) is 8.00. The molecule has 0 atom stereocenters. The van der Waals surface area contributed by atoms with Gasteiger partial charge in [0.05, 0.1) is 40.5 Å². The van der Waals surface area contributed by atoms with E-state index in [4.69, 9.17) is 23.4 Å². The van der Waals surface area contributed by atoms with Crippen molar-refractivity contribution in [3.05, 3.63) is 66.1 Å². The summed E-state index contributed by atoms with van der Waals surface area (Å²) < 4.78 is 57.8. The first kappa shape index (κ1) is 32.8. The van der Waals surface area contributed by atoms with E-state index in [1.54, 1.807) is 42.4 Å². The van der Waals surface area contributed by atoms with E-state index in [9.17, 15) is 8.42 Å². The van der Waals surface area contributed by atoms with Crippen LogP contribution in [0, 0.1) is 6.92 Å². The maximum absolute atomic E-state index is 13.4. The molecule has 0 N–H and O–H groups in total. The number of ether oxygens (including phenoxy) is 1. The van der Waals surface area contributed by atoms with Crippen molar-refractivity contribution >= 4 is 24.3 Å². The van der Waals surface area contributed by atoms with Crippen molar-refractivity contribution in [3.8, 4) is 0 Å². The van der Waals surface area contributed by atoms with Gasteiger partial charge in [-0.05, 0) is 74.4 Å². The van der Waals surface area contributed by atoms with Gasteiger partial charge >= 0.3 is 14.2 Å². The molecule has 0 bridgehead atoms. The number of benzene rings is 1. The number of sulfonamides is 1. The minimum absolute atomic E-state index is 0.169. The van der Waals surface area contributed by atoms with Crippen LogP contribution in [-0.4, -0.2) is 75.7 Å². The number of rotatable bonds is 12. The number of hydrogen-bond donors (Lipinski definition) is 0. The molecule has 2 heterocycles. The Hall–Kier alpha value is -1.72. The highest BCUT2D eigenvalue weighted by Crippen LogP contribution is 2.37. The lowest BCUT2D eigenvalue weighted by atomic mass is 9.90. The Balaban J connectivity index is 1.56. The topological polar surface area (TPSA) is 83.5 Å². The Labute approximate surface area is 242 Å². The average Bonchev–Trinajstić information content (AvgIpc) is 3.17. The van der Waals surface area contributed by atoms with E-state index in [2.05, 4.69) is 0 Å².